The van der Waals surface area contributed by atoms with E-state index in [0.29, 0.717) is 23.3 Å². The van der Waals surface area contributed by atoms with Crippen LogP contribution in [-0.4, -0.2) is 50.8 Å². The average Bonchev–Trinajstić information content (AvgIpc) is 3.25. The van der Waals surface area contributed by atoms with E-state index in [1.54, 1.807) is 6.20 Å². The SMILES string of the molecule is CC[C@H](C)Cc1ncc2c(=O)n([C@H]3CC[C@H](N(C)C)C3)cc(C3CCC(O)CC3)c2n1. The minimum Gasteiger partial charge on any atom is -0.393 e. The Morgan fingerprint density at radius 2 is 1.94 bits per heavy atom. The number of nitrogens with zero attached hydrogens (tertiary/aromatic N) is 4. The highest BCUT2D eigenvalue weighted by Gasteiger charge is 2.30. The van der Waals surface area contributed by atoms with Gasteiger partial charge in [-0.15, -0.1) is 0 Å². The molecule has 4 rings (SSSR count). The molecule has 2 fully saturated rings. The molecule has 0 aromatic carbocycles. The lowest BCUT2D eigenvalue weighted by Gasteiger charge is -2.28. The van der Waals surface area contributed by atoms with Crippen molar-refractivity contribution in [2.24, 2.45) is 5.92 Å². The molecule has 6 heteroatoms. The molecular weight excluding hydrogens is 388 g/mol. The van der Waals surface area contributed by atoms with Crippen LogP contribution < -0.4 is 5.56 Å². The Balaban J connectivity index is 1.78. The number of fused-ring (bicyclic) bond motifs is 1. The van der Waals surface area contributed by atoms with E-state index >= 15 is 0 Å². The second-order valence-corrected chi connectivity index (χ2v) is 10.2. The number of rotatable bonds is 6. The Bertz CT molecular complexity index is 962. The predicted molar refractivity (Wildman–Crippen MR) is 125 cm³/mol. The summed E-state index contributed by atoms with van der Waals surface area (Å²) in [5.41, 5.74) is 2.08. The molecule has 6 nitrogen and oxygen atoms in total. The van der Waals surface area contributed by atoms with Gasteiger partial charge >= 0.3 is 0 Å². The first-order chi connectivity index (χ1) is 14.9. The zero-order chi connectivity index (χ0) is 22.1. The molecular formula is C25H38N4O2. The summed E-state index contributed by atoms with van der Waals surface area (Å²) < 4.78 is 1.99. The Hall–Kier alpha value is -1.79. The summed E-state index contributed by atoms with van der Waals surface area (Å²) in [6.07, 6.45) is 12.3. The average molecular weight is 427 g/mol. The zero-order valence-electron chi connectivity index (χ0n) is 19.5. The van der Waals surface area contributed by atoms with Crippen LogP contribution in [0.2, 0.25) is 0 Å². The maximum atomic E-state index is 13.5. The number of aliphatic hydroxyl groups excluding tert-OH is 1. The molecule has 31 heavy (non-hydrogen) atoms. The van der Waals surface area contributed by atoms with Gasteiger partial charge in [0.2, 0.25) is 0 Å². The van der Waals surface area contributed by atoms with Crippen molar-refractivity contribution in [1.82, 2.24) is 19.4 Å². The lowest BCUT2D eigenvalue weighted by molar-refractivity contribution is 0.122. The van der Waals surface area contributed by atoms with Crippen molar-refractivity contribution in [3.63, 3.8) is 0 Å². The van der Waals surface area contributed by atoms with Crippen molar-refractivity contribution in [2.75, 3.05) is 14.1 Å². The van der Waals surface area contributed by atoms with Crippen molar-refractivity contribution in [2.45, 2.75) is 95.7 Å². The first-order valence-corrected chi connectivity index (χ1v) is 12.1. The van der Waals surface area contributed by atoms with Crippen molar-refractivity contribution >= 4 is 10.9 Å². The zero-order valence-corrected chi connectivity index (χ0v) is 19.5. The molecule has 0 radical (unpaired) electrons. The Morgan fingerprint density at radius 1 is 1.19 bits per heavy atom. The fourth-order valence-corrected chi connectivity index (χ4v) is 5.37. The van der Waals surface area contributed by atoms with Crippen molar-refractivity contribution in [1.29, 1.82) is 0 Å². The van der Waals surface area contributed by atoms with E-state index in [0.717, 1.165) is 69.1 Å². The molecule has 0 spiro atoms. The Labute approximate surface area is 185 Å². The lowest BCUT2D eigenvalue weighted by atomic mass is 9.82. The molecule has 0 amide bonds. The maximum absolute atomic E-state index is 13.5. The van der Waals surface area contributed by atoms with E-state index < -0.39 is 0 Å². The van der Waals surface area contributed by atoms with Crippen LogP contribution in [0.1, 0.15) is 88.6 Å². The summed E-state index contributed by atoms with van der Waals surface area (Å²) in [4.78, 5) is 25.3. The highest BCUT2D eigenvalue weighted by Crippen LogP contribution is 2.37. The molecule has 2 aromatic heterocycles. The van der Waals surface area contributed by atoms with Gasteiger partial charge in [0, 0.05) is 30.9 Å². The summed E-state index contributed by atoms with van der Waals surface area (Å²) in [5, 5.41) is 10.7. The fraction of sp³-hybridized carbons (Fsp3) is 0.720. The highest BCUT2D eigenvalue weighted by atomic mass is 16.3. The van der Waals surface area contributed by atoms with Crippen molar-refractivity contribution < 1.29 is 5.11 Å². The third-order valence-corrected chi connectivity index (χ3v) is 7.72. The number of pyridine rings is 1. The first-order valence-electron chi connectivity index (χ1n) is 12.1. The molecule has 2 aliphatic rings. The standard InChI is InChI=1S/C25H38N4O2/c1-5-16(2)12-23-26-14-21-24(27-23)22(17-6-10-20(30)11-7-17)15-29(25(21)31)19-9-8-18(13-19)28(3)4/h14-20,30H,5-13H2,1-4H3/t16-,17?,18-,19-,20?/m0/s1. The molecule has 0 unspecified atom stereocenters. The maximum Gasteiger partial charge on any atom is 0.261 e. The number of aliphatic hydroxyl groups is 1. The molecule has 0 bridgehead atoms. The van der Waals surface area contributed by atoms with Gasteiger partial charge in [0.25, 0.3) is 5.56 Å². The van der Waals surface area contributed by atoms with E-state index in [-0.39, 0.29) is 17.7 Å². The van der Waals surface area contributed by atoms with Gasteiger partial charge in [-0.05, 0) is 76.4 Å². The van der Waals surface area contributed by atoms with Crippen molar-refractivity contribution in [3.8, 4) is 0 Å². The molecule has 2 saturated carbocycles. The van der Waals surface area contributed by atoms with Crippen LogP contribution >= 0.6 is 0 Å². The van der Waals surface area contributed by atoms with Gasteiger partial charge in [0.15, 0.2) is 0 Å². The van der Waals surface area contributed by atoms with Gasteiger partial charge in [-0.3, -0.25) is 4.79 Å². The van der Waals surface area contributed by atoms with Gasteiger partial charge in [0.1, 0.15) is 5.82 Å². The highest BCUT2D eigenvalue weighted by molar-refractivity contribution is 5.80. The molecule has 3 atom stereocenters. The minimum atomic E-state index is -0.195. The van der Waals surface area contributed by atoms with E-state index in [4.69, 9.17) is 4.98 Å². The van der Waals surface area contributed by atoms with Crippen LogP contribution in [0.4, 0.5) is 0 Å². The second kappa shape index (κ2) is 9.37. The van der Waals surface area contributed by atoms with Crippen LogP contribution in [0.5, 0.6) is 0 Å². The first kappa shape index (κ1) is 22.4. The lowest BCUT2D eigenvalue weighted by Crippen LogP contribution is -2.29. The van der Waals surface area contributed by atoms with Crippen LogP contribution in [-0.2, 0) is 6.42 Å². The predicted octanol–water partition coefficient (Wildman–Crippen LogP) is 4.05. The second-order valence-electron chi connectivity index (χ2n) is 10.2. The molecule has 1 N–H and O–H groups in total. The van der Waals surface area contributed by atoms with Gasteiger partial charge in [0.05, 0.1) is 17.0 Å². The molecule has 2 aliphatic carbocycles. The largest absolute Gasteiger partial charge is 0.393 e. The Morgan fingerprint density at radius 3 is 2.58 bits per heavy atom. The normalized spacial score (nSPS) is 27.8. The van der Waals surface area contributed by atoms with Gasteiger partial charge < -0.3 is 14.6 Å². The summed E-state index contributed by atoms with van der Waals surface area (Å²) >= 11 is 0. The van der Waals surface area contributed by atoms with Crippen LogP contribution in [0.25, 0.3) is 10.9 Å². The third kappa shape index (κ3) is 4.70. The number of hydrogen-bond acceptors (Lipinski definition) is 5. The smallest absolute Gasteiger partial charge is 0.261 e. The van der Waals surface area contributed by atoms with E-state index in [1.165, 1.54) is 5.56 Å². The van der Waals surface area contributed by atoms with E-state index in [2.05, 4.69) is 44.0 Å². The third-order valence-electron chi connectivity index (χ3n) is 7.72. The fourth-order valence-electron chi connectivity index (χ4n) is 5.37. The Kier molecular flexibility index (Phi) is 6.77. The molecule has 0 saturated heterocycles. The summed E-state index contributed by atoms with van der Waals surface area (Å²) in [6.45, 7) is 4.40. The number of aromatic nitrogens is 3. The molecule has 0 aliphatic heterocycles. The van der Waals surface area contributed by atoms with Crippen LogP contribution in [0.15, 0.2) is 17.2 Å². The summed E-state index contributed by atoms with van der Waals surface area (Å²) in [7, 11) is 4.25. The van der Waals surface area contributed by atoms with Gasteiger partial charge in [-0.1, -0.05) is 20.3 Å². The molecule has 2 aromatic rings. The van der Waals surface area contributed by atoms with E-state index in [1.807, 2.05) is 4.57 Å². The molecule has 2 heterocycles. The monoisotopic (exact) mass is 426 g/mol. The molecule has 170 valence electrons. The topological polar surface area (TPSA) is 71.2 Å². The van der Waals surface area contributed by atoms with Crippen molar-refractivity contribution in [3.05, 3.63) is 34.1 Å². The van der Waals surface area contributed by atoms with Crippen LogP contribution in [0, 0.1) is 5.92 Å². The summed E-state index contributed by atoms with van der Waals surface area (Å²) in [5.74, 6) is 1.70. The quantitative estimate of drug-likeness (QED) is 0.754. The van der Waals surface area contributed by atoms with Crippen LogP contribution in [0.3, 0.4) is 0 Å². The summed E-state index contributed by atoms with van der Waals surface area (Å²) in [6, 6.07) is 0.757. The minimum absolute atomic E-state index is 0.0501. The van der Waals surface area contributed by atoms with Gasteiger partial charge in [-0.25, -0.2) is 9.97 Å². The number of hydrogen-bond donors (Lipinski definition) is 1. The van der Waals surface area contributed by atoms with Gasteiger partial charge in [-0.2, -0.15) is 0 Å². The van der Waals surface area contributed by atoms with E-state index in [9.17, 15) is 9.90 Å².